The quantitative estimate of drug-likeness (QED) is 0.589. The number of nitrogens with two attached hydrogens (primary N) is 1. The molecule has 4 N–H and O–H groups in total. The third-order valence-electron chi connectivity index (χ3n) is 1.56. The maximum absolute atomic E-state index is 11.0. The molecule has 0 amide bonds. The van der Waals surface area contributed by atoms with E-state index < -0.39 is 0 Å². The van der Waals surface area contributed by atoms with Crippen molar-refractivity contribution in [2.45, 2.75) is 6.92 Å². The average molecular weight is 194 g/mol. The SMILES string of the molecule is Cc1nc(NC/C=C/CN)cc(=O)[nH]1. The molecule has 1 aromatic heterocycles. The van der Waals surface area contributed by atoms with Gasteiger partial charge in [0.15, 0.2) is 0 Å². The molecule has 0 unspecified atom stereocenters. The van der Waals surface area contributed by atoms with E-state index in [9.17, 15) is 4.79 Å². The minimum Gasteiger partial charge on any atom is -0.366 e. The Morgan fingerprint density at radius 2 is 2.43 bits per heavy atom. The highest BCUT2D eigenvalue weighted by Crippen LogP contribution is 1.96. The van der Waals surface area contributed by atoms with Crippen LogP contribution in [0.25, 0.3) is 0 Å². The Morgan fingerprint density at radius 1 is 1.64 bits per heavy atom. The summed E-state index contributed by atoms with van der Waals surface area (Å²) in [6.07, 6.45) is 3.73. The molecule has 1 aromatic rings. The molecule has 0 aliphatic rings. The zero-order valence-corrected chi connectivity index (χ0v) is 8.08. The molecule has 0 saturated heterocycles. The Morgan fingerprint density at radius 3 is 3.07 bits per heavy atom. The fourth-order valence-corrected chi connectivity index (χ4v) is 1.01. The second-order valence-electron chi connectivity index (χ2n) is 2.80. The Balaban J connectivity index is 2.59. The van der Waals surface area contributed by atoms with Gasteiger partial charge in [0.25, 0.3) is 5.56 Å². The van der Waals surface area contributed by atoms with Crippen LogP contribution in [0.15, 0.2) is 23.0 Å². The molecule has 0 aliphatic heterocycles. The molecule has 76 valence electrons. The van der Waals surface area contributed by atoms with Gasteiger partial charge in [0.2, 0.25) is 0 Å². The summed E-state index contributed by atoms with van der Waals surface area (Å²) in [6, 6.07) is 1.42. The number of aromatic nitrogens is 2. The van der Waals surface area contributed by atoms with Gasteiger partial charge in [-0.05, 0) is 6.92 Å². The van der Waals surface area contributed by atoms with Crippen molar-refractivity contribution in [3.8, 4) is 0 Å². The lowest BCUT2D eigenvalue weighted by Gasteiger charge is -2.01. The van der Waals surface area contributed by atoms with Crippen molar-refractivity contribution >= 4 is 5.82 Å². The van der Waals surface area contributed by atoms with Crippen LogP contribution in [0.5, 0.6) is 0 Å². The van der Waals surface area contributed by atoms with E-state index in [1.807, 2.05) is 12.2 Å². The summed E-state index contributed by atoms with van der Waals surface area (Å²) in [5, 5.41) is 2.99. The highest BCUT2D eigenvalue weighted by atomic mass is 16.1. The third kappa shape index (κ3) is 3.40. The number of rotatable bonds is 4. The lowest BCUT2D eigenvalue weighted by Crippen LogP contribution is -2.11. The van der Waals surface area contributed by atoms with Gasteiger partial charge in [-0.3, -0.25) is 4.79 Å². The molecule has 0 spiro atoms. The van der Waals surface area contributed by atoms with Crippen LogP contribution in [-0.4, -0.2) is 23.1 Å². The summed E-state index contributed by atoms with van der Waals surface area (Å²) in [7, 11) is 0. The summed E-state index contributed by atoms with van der Waals surface area (Å²) in [5.74, 6) is 1.18. The predicted octanol–water partition coefficient (Wildman–Crippen LogP) is 0.00512. The van der Waals surface area contributed by atoms with Gasteiger partial charge in [0.1, 0.15) is 11.6 Å². The first-order valence-corrected chi connectivity index (χ1v) is 4.39. The first kappa shape index (κ1) is 10.5. The van der Waals surface area contributed by atoms with E-state index in [1.54, 1.807) is 6.92 Å². The third-order valence-corrected chi connectivity index (χ3v) is 1.56. The number of nitrogens with one attached hydrogen (secondary N) is 2. The second-order valence-corrected chi connectivity index (χ2v) is 2.80. The van der Waals surface area contributed by atoms with Crippen LogP contribution in [0.1, 0.15) is 5.82 Å². The van der Waals surface area contributed by atoms with Crippen LogP contribution in [0.3, 0.4) is 0 Å². The van der Waals surface area contributed by atoms with E-state index in [0.29, 0.717) is 24.7 Å². The van der Waals surface area contributed by atoms with E-state index in [1.165, 1.54) is 6.07 Å². The summed E-state index contributed by atoms with van der Waals surface area (Å²) < 4.78 is 0. The van der Waals surface area contributed by atoms with Crippen LogP contribution < -0.4 is 16.6 Å². The van der Waals surface area contributed by atoms with Gasteiger partial charge in [0, 0.05) is 19.2 Å². The lowest BCUT2D eigenvalue weighted by molar-refractivity contribution is 1.01. The van der Waals surface area contributed by atoms with Crippen molar-refractivity contribution in [3.05, 3.63) is 34.4 Å². The number of nitrogens with zero attached hydrogens (tertiary/aromatic N) is 1. The molecular formula is C9H14N4O. The molecule has 5 nitrogen and oxygen atoms in total. The highest BCUT2D eigenvalue weighted by Gasteiger charge is 1.94. The summed E-state index contributed by atoms with van der Waals surface area (Å²) in [6.45, 7) is 2.87. The van der Waals surface area contributed by atoms with Crippen molar-refractivity contribution in [1.82, 2.24) is 9.97 Å². The first-order chi connectivity index (χ1) is 6.72. The van der Waals surface area contributed by atoms with Gasteiger partial charge in [-0.1, -0.05) is 12.2 Å². The lowest BCUT2D eigenvalue weighted by atomic mass is 10.4. The van der Waals surface area contributed by atoms with Crippen LogP contribution >= 0.6 is 0 Å². The Labute approximate surface area is 82.1 Å². The van der Waals surface area contributed by atoms with Gasteiger partial charge >= 0.3 is 0 Å². The summed E-state index contributed by atoms with van der Waals surface area (Å²) >= 11 is 0. The smallest absolute Gasteiger partial charge is 0.252 e. The number of aryl methyl sites for hydroxylation is 1. The zero-order valence-electron chi connectivity index (χ0n) is 8.08. The Hall–Kier alpha value is -1.62. The molecule has 1 heterocycles. The monoisotopic (exact) mass is 194 g/mol. The van der Waals surface area contributed by atoms with E-state index >= 15 is 0 Å². The first-order valence-electron chi connectivity index (χ1n) is 4.39. The van der Waals surface area contributed by atoms with Crippen LogP contribution in [0, 0.1) is 6.92 Å². The van der Waals surface area contributed by atoms with E-state index in [-0.39, 0.29) is 5.56 Å². The fourth-order valence-electron chi connectivity index (χ4n) is 1.01. The van der Waals surface area contributed by atoms with E-state index in [4.69, 9.17) is 5.73 Å². The van der Waals surface area contributed by atoms with Gasteiger partial charge < -0.3 is 16.0 Å². The maximum atomic E-state index is 11.0. The normalized spacial score (nSPS) is 10.7. The summed E-state index contributed by atoms with van der Waals surface area (Å²) in [5.41, 5.74) is 5.12. The van der Waals surface area contributed by atoms with E-state index in [2.05, 4.69) is 15.3 Å². The Bertz CT molecular complexity index is 369. The summed E-state index contributed by atoms with van der Waals surface area (Å²) in [4.78, 5) is 17.7. The van der Waals surface area contributed by atoms with Crippen molar-refractivity contribution in [2.24, 2.45) is 5.73 Å². The van der Waals surface area contributed by atoms with E-state index in [0.717, 1.165) is 0 Å². The highest BCUT2D eigenvalue weighted by molar-refractivity contribution is 5.33. The van der Waals surface area contributed by atoms with Gasteiger partial charge in [-0.25, -0.2) is 4.98 Å². The molecule has 0 bridgehead atoms. The molecule has 14 heavy (non-hydrogen) atoms. The molecule has 1 rings (SSSR count). The van der Waals surface area contributed by atoms with Gasteiger partial charge in [0.05, 0.1) is 0 Å². The fraction of sp³-hybridized carbons (Fsp3) is 0.333. The molecule has 0 fully saturated rings. The number of hydrogen-bond donors (Lipinski definition) is 3. The second kappa shape index (κ2) is 5.18. The van der Waals surface area contributed by atoms with Crippen molar-refractivity contribution in [2.75, 3.05) is 18.4 Å². The number of H-pyrrole nitrogens is 1. The molecule has 0 atom stereocenters. The number of anilines is 1. The van der Waals surface area contributed by atoms with Crippen molar-refractivity contribution < 1.29 is 0 Å². The van der Waals surface area contributed by atoms with Gasteiger partial charge in [-0.2, -0.15) is 0 Å². The topological polar surface area (TPSA) is 83.8 Å². The average Bonchev–Trinajstić information content (AvgIpc) is 2.11. The molecule has 0 saturated carbocycles. The zero-order chi connectivity index (χ0) is 10.4. The number of hydrogen-bond acceptors (Lipinski definition) is 4. The molecule has 0 aromatic carbocycles. The van der Waals surface area contributed by atoms with Crippen LogP contribution in [-0.2, 0) is 0 Å². The van der Waals surface area contributed by atoms with Gasteiger partial charge in [-0.15, -0.1) is 0 Å². The Kier molecular flexibility index (Phi) is 3.87. The van der Waals surface area contributed by atoms with Crippen molar-refractivity contribution in [3.63, 3.8) is 0 Å². The molecular weight excluding hydrogens is 180 g/mol. The van der Waals surface area contributed by atoms with Crippen LogP contribution in [0.2, 0.25) is 0 Å². The van der Waals surface area contributed by atoms with Crippen LogP contribution in [0.4, 0.5) is 5.82 Å². The molecule has 0 aliphatic carbocycles. The maximum Gasteiger partial charge on any atom is 0.252 e. The minimum atomic E-state index is -0.150. The molecule has 5 heteroatoms. The number of aromatic amines is 1. The largest absolute Gasteiger partial charge is 0.366 e. The van der Waals surface area contributed by atoms with Crippen molar-refractivity contribution in [1.29, 1.82) is 0 Å². The minimum absolute atomic E-state index is 0.150. The standard InChI is InChI=1S/C9H14N4O/c1-7-12-8(6-9(14)13-7)11-5-3-2-4-10/h2-3,6H,4-5,10H2,1H3,(H2,11,12,13,14)/b3-2+. The predicted molar refractivity (Wildman–Crippen MR) is 56.3 cm³/mol. The molecule has 0 radical (unpaired) electrons.